The smallest absolute Gasteiger partial charge is 0.0528 e. The van der Waals surface area contributed by atoms with Crippen LogP contribution in [0.15, 0.2) is 0 Å². The molecule has 0 aromatic rings. The van der Waals surface area contributed by atoms with E-state index in [1.165, 1.54) is 20.8 Å². The molecule has 0 amide bonds. The fourth-order valence-electron chi connectivity index (χ4n) is 0. The second kappa shape index (κ2) is 1.36. The van der Waals surface area contributed by atoms with Crippen molar-refractivity contribution < 1.29 is 11.7 Å². The minimum Gasteiger partial charge on any atom is -0.153 e. The molecular formula is C6H15F3S. The summed E-state index contributed by atoms with van der Waals surface area (Å²) < 4.78 is 37.6. The summed E-state index contributed by atoms with van der Waals surface area (Å²) in [5, 5.41) is 0. The molecule has 0 unspecified atom stereocenters. The van der Waals surface area contributed by atoms with E-state index in [4.69, 9.17) is 0 Å². The first-order valence-corrected chi connectivity index (χ1v) is 5.95. The molecule has 0 rings (SSSR count). The second-order valence-corrected chi connectivity index (χ2v) is 9.78. The average Bonchev–Trinajstić information content (AvgIpc) is 1.16. The predicted molar refractivity (Wildman–Crippen MR) is 42.5 cm³/mol. The Morgan fingerprint density at radius 1 is 0.900 bits per heavy atom. The predicted octanol–water partition coefficient (Wildman–Crippen LogP) is 3.57. The van der Waals surface area contributed by atoms with Crippen LogP contribution in [-0.4, -0.2) is 17.3 Å². The largest absolute Gasteiger partial charge is 0.153 e. The monoisotopic (exact) mass is 176 g/mol. The van der Waals surface area contributed by atoms with Crippen molar-refractivity contribution in [2.45, 2.75) is 25.5 Å². The molecule has 0 aromatic carbocycles. The number of rotatable bonds is 0. The SMILES string of the molecule is CC(C)(C)S(C)(C)(F)(F)F. The van der Waals surface area contributed by atoms with Crippen LogP contribution in [0.2, 0.25) is 0 Å². The lowest BCUT2D eigenvalue weighted by Gasteiger charge is -2.60. The van der Waals surface area contributed by atoms with E-state index in [1.807, 2.05) is 0 Å². The Labute approximate surface area is 59.9 Å². The highest BCUT2D eigenvalue weighted by atomic mass is 32.4. The van der Waals surface area contributed by atoms with Crippen LogP contribution in [-0.2, 0) is 0 Å². The summed E-state index contributed by atoms with van der Waals surface area (Å²) in [6.07, 6.45) is 0.861. The number of halogens is 3. The molecule has 4 heteroatoms. The quantitative estimate of drug-likeness (QED) is 0.529. The van der Waals surface area contributed by atoms with Gasteiger partial charge in [-0.2, -0.15) is 11.7 Å². The summed E-state index contributed by atoms with van der Waals surface area (Å²) >= 11 is 0. The van der Waals surface area contributed by atoms with Gasteiger partial charge < -0.3 is 0 Å². The van der Waals surface area contributed by atoms with E-state index in [-0.39, 0.29) is 0 Å². The van der Waals surface area contributed by atoms with Crippen molar-refractivity contribution >= 4 is 9.45 Å². The summed E-state index contributed by atoms with van der Waals surface area (Å²) in [6, 6.07) is 0. The molecule has 0 aliphatic rings. The van der Waals surface area contributed by atoms with Crippen LogP contribution in [0.5, 0.6) is 0 Å². The van der Waals surface area contributed by atoms with Gasteiger partial charge in [-0.3, -0.25) is 0 Å². The van der Waals surface area contributed by atoms with Gasteiger partial charge in [0, 0.05) is 17.3 Å². The second-order valence-electron chi connectivity index (χ2n) is 4.26. The molecule has 0 heterocycles. The third-order valence-corrected chi connectivity index (χ3v) is 5.76. The van der Waals surface area contributed by atoms with Crippen LogP contribution in [0.3, 0.4) is 0 Å². The highest BCUT2D eigenvalue weighted by Crippen LogP contribution is 2.95. The van der Waals surface area contributed by atoms with Crippen molar-refractivity contribution in [3.05, 3.63) is 0 Å². The topological polar surface area (TPSA) is 0 Å². The molecule has 0 aliphatic carbocycles. The Bertz CT molecular complexity index is 143. The molecule has 0 atom stereocenters. The minimum atomic E-state index is -6.25. The number of hydrogen-bond donors (Lipinski definition) is 0. The highest BCUT2D eigenvalue weighted by molar-refractivity contribution is 8.53. The summed E-state index contributed by atoms with van der Waals surface area (Å²) in [4.78, 5) is 0. The Kier molecular flexibility index (Phi) is 1.37. The van der Waals surface area contributed by atoms with Crippen molar-refractivity contribution in [1.82, 2.24) is 0 Å². The van der Waals surface area contributed by atoms with E-state index in [2.05, 4.69) is 0 Å². The Balaban J connectivity index is 5.14. The molecule has 0 fully saturated rings. The Hall–Kier alpha value is 0.140. The maximum Gasteiger partial charge on any atom is 0.0528 e. The van der Waals surface area contributed by atoms with Crippen molar-refractivity contribution in [3.63, 3.8) is 0 Å². The van der Waals surface area contributed by atoms with Gasteiger partial charge in [0.15, 0.2) is 0 Å². The zero-order valence-corrected chi connectivity index (χ0v) is 7.86. The van der Waals surface area contributed by atoms with Gasteiger partial charge in [0.25, 0.3) is 0 Å². The van der Waals surface area contributed by atoms with Crippen molar-refractivity contribution in [2.24, 2.45) is 0 Å². The van der Waals surface area contributed by atoms with Gasteiger partial charge in [0.05, 0.1) is 9.45 Å². The van der Waals surface area contributed by atoms with Crippen LogP contribution in [0, 0.1) is 0 Å². The fourth-order valence-corrected chi connectivity index (χ4v) is 0. The minimum absolute atomic E-state index is 0.431. The van der Waals surface area contributed by atoms with Gasteiger partial charge >= 0.3 is 0 Å². The summed E-state index contributed by atoms with van der Waals surface area (Å²) in [5.74, 6) is 0. The summed E-state index contributed by atoms with van der Waals surface area (Å²) in [6.45, 7) is 3.65. The van der Waals surface area contributed by atoms with Crippen LogP contribution in [0.25, 0.3) is 0 Å². The standard InChI is InChI=1S/C6H15F3S/c1-6(2,3)10(4,5,7,8)9/h1-5H3. The molecule has 10 heavy (non-hydrogen) atoms. The van der Waals surface area contributed by atoms with E-state index in [9.17, 15) is 11.7 Å². The van der Waals surface area contributed by atoms with Gasteiger partial charge in [-0.1, -0.05) is 0 Å². The normalized spacial score (nSPS) is 21.6. The van der Waals surface area contributed by atoms with Crippen molar-refractivity contribution in [3.8, 4) is 0 Å². The first kappa shape index (κ1) is 10.1. The number of hydrogen-bond acceptors (Lipinski definition) is 0. The molecule has 0 radical (unpaired) electrons. The van der Waals surface area contributed by atoms with E-state index < -0.39 is 14.2 Å². The van der Waals surface area contributed by atoms with Gasteiger partial charge in [-0.15, -0.1) is 0 Å². The first-order chi connectivity index (χ1) is 3.75. The third-order valence-electron chi connectivity index (χ3n) is 1.92. The van der Waals surface area contributed by atoms with Gasteiger partial charge in [-0.05, 0) is 20.8 Å². The third kappa shape index (κ3) is 1.81. The maximum atomic E-state index is 13.1. The molecule has 0 aliphatic heterocycles. The van der Waals surface area contributed by atoms with Gasteiger partial charge in [-0.25, -0.2) is 0 Å². The fraction of sp³-hybridized carbons (Fsp3) is 1.00. The van der Waals surface area contributed by atoms with Crippen molar-refractivity contribution in [2.75, 3.05) is 12.5 Å². The van der Waals surface area contributed by atoms with Crippen LogP contribution < -0.4 is 0 Å². The molecule has 0 saturated carbocycles. The molecular weight excluding hydrogens is 161 g/mol. The van der Waals surface area contributed by atoms with E-state index in [1.54, 1.807) is 0 Å². The van der Waals surface area contributed by atoms with Gasteiger partial charge in [0.1, 0.15) is 0 Å². The molecule has 0 aromatic heterocycles. The zero-order chi connectivity index (χ0) is 8.91. The van der Waals surface area contributed by atoms with Crippen LogP contribution in [0.4, 0.5) is 11.7 Å². The highest BCUT2D eigenvalue weighted by Gasteiger charge is 2.61. The Morgan fingerprint density at radius 3 is 1.00 bits per heavy atom. The zero-order valence-electron chi connectivity index (χ0n) is 7.04. The first-order valence-electron chi connectivity index (χ1n) is 2.98. The molecule has 0 bridgehead atoms. The lowest BCUT2D eigenvalue weighted by atomic mass is 10.3. The van der Waals surface area contributed by atoms with Crippen LogP contribution >= 0.6 is 9.45 Å². The molecule has 0 nitrogen and oxygen atoms in total. The molecule has 0 saturated heterocycles. The molecule has 0 N–H and O–H groups in total. The summed E-state index contributed by atoms with van der Waals surface area (Å²) in [7, 11) is -6.25. The van der Waals surface area contributed by atoms with Crippen molar-refractivity contribution in [1.29, 1.82) is 0 Å². The lowest BCUT2D eigenvalue weighted by molar-refractivity contribution is 0.494. The summed E-state index contributed by atoms with van der Waals surface area (Å²) in [5.41, 5.74) is 0. The van der Waals surface area contributed by atoms with E-state index in [0.29, 0.717) is 12.5 Å². The lowest BCUT2D eigenvalue weighted by Crippen LogP contribution is -2.37. The Morgan fingerprint density at radius 2 is 1.00 bits per heavy atom. The maximum absolute atomic E-state index is 13.1. The van der Waals surface area contributed by atoms with Gasteiger partial charge in [0.2, 0.25) is 0 Å². The average molecular weight is 176 g/mol. The van der Waals surface area contributed by atoms with Crippen LogP contribution in [0.1, 0.15) is 20.8 Å². The van der Waals surface area contributed by atoms with E-state index >= 15 is 0 Å². The molecule has 0 spiro atoms. The molecule has 66 valence electrons. The van der Waals surface area contributed by atoms with E-state index in [0.717, 1.165) is 0 Å².